The van der Waals surface area contributed by atoms with Crippen LogP contribution in [-0.4, -0.2) is 9.75 Å². The molecule has 0 radical (unpaired) electrons. The second-order valence-corrected chi connectivity index (χ2v) is 7.61. The molecular weight excluding hydrogens is 287 g/mol. The standard InChI is InChI=1S/C18H24Cl2/c1-10-8-12(3)17(19,14(10)5)16(7)18(20)13(4)9-11(2)15(18)6/h8-9,16H,1-7H3. The average Bonchev–Trinajstić information content (AvgIpc) is 2.71. The summed E-state index contributed by atoms with van der Waals surface area (Å²) in [6.07, 6.45) is 4.39. The molecule has 0 saturated heterocycles. The Morgan fingerprint density at radius 1 is 0.750 bits per heavy atom. The molecule has 2 rings (SSSR count). The summed E-state index contributed by atoms with van der Waals surface area (Å²) >= 11 is 14.2. The topological polar surface area (TPSA) is 0 Å². The van der Waals surface area contributed by atoms with E-state index in [1.165, 1.54) is 33.4 Å². The quantitative estimate of drug-likeness (QED) is 0.535. The van der Waals surface area contributed by atoms with Crippen LogP contribution in [0.1, 0.15) is 48.5 Å². The molecule has 2 aliphatic carbocycles. The van der Waals surface area contributed by atoms with Crippen LogP contribution in [0.4, 0.5) is 0 Å². The molecule has 0 fully saturated rings. The van der Waals surface area contributed by atoms with Gasteiger partial charge in [0, 0.05) is 5.92 Å². The minimum atomic E-state index is -0.479. The molecule has 110 valence electrons. The lowest BCUT2D eigenvalue weighted by atomic mass is 9.72. The van der Waals surface area contributed by atoms with Crippen molar-refractivity contribution in [2.24, 2.45) is 5.92 Å². The van der Waals surface area contributed by atoms with E-state index < -0.39 is 9.75 Å². The van der Waals surface area contributed by atoms with Crippen LogP contribution in [0.25, 0.3) is 0 Å². The molecule has 0 N–H and O–H groups in total. The Bertz CT molecular complexity index is 537. The molecule has 0 nitrogen and oxygen atoms in total. The molecule has 0 aromatic rings. The van der Waals surface area contributed by atoms with Crippen LogP contribution in [-0.2, 0) is 0 Å². The van der Waals surface area contributed by atoms with E-state index in [0.717, 1.165) is 0 Å². The lowest BCUT2D eigenvalue weighted by Crippen LogP contribution is -2.45. The predicted molar refractivity (Wildman–Crippen MR) is 90.6 cm³/mol. The third-order valence-electron chi connectivity index (χ3n) is 5.48. The molecule has 0 aromatic heterocycles. The normalized spacial score (nSPS) is 35.6. The average molecular weight is 311 g/mol. The lowest BCUT2D eigenvalue weighted by Gasteiger charge is -2.43. The van der Waals surface area contributed by atoms with Crippen LogP contribution >= 0.6 is 23.2 Å². The second kappa shape index (κ2) is 4.78. The maximum absolute atomic E-state index is 7.10. The summed E-state index contributed by atoms with van der Waals surface area (Å²) in [6.45, 7) is 14.9. The van der Waals surface area contributed by atoms with Gasteiger partial charge in [-0.3, -0.25) is 0 Å². The van der Waals surface area contributed by atoms with Gasteiger partial charge in [0.15, 0.2) is 0 Å². The number of hydrogen-bond acceptors (Lipinski definition) is 0. The molecule has 0 aromatic carbocycles. The van der Waals surface area contributed by atoms with Crippen LogP contribution in [0.2, 0.25) is 0 Å². The van der Waals surface area contributed by atoms with Crippen molar-refractivity contribution in [3.05, 3.63) is 45.6 Å². The highest BCUT2D eigenvalue weighted by atomic mass is 35.5. The third-order valence-corrected chi connectivity index (χ3v) is 7.30. The first-order chi connectivity index (χ1) is 9.07. The zero-order valence-electron chi connectivity index (χ0n) is 13.5. The minimum Gasteiger partial charge on any atom is -0.109 e. The summed E-state index contributed by atoms with van der Waals surface area (Å²) in [5.41, 5.74) is 7.40. The molecule has 0 amide bonds. The van der Waals surface area contributed by atoms with Crippen molar-refractivity contribution < 1.29 is 0 Å². The van der Waals surface area contributed by atoms with Crippen LogP contribution in [0.15, 0.2) is 45.6 Å². The van der Waals surface area contributed by atoms with E-state index in [0.29, 0.717) is 0 Å². The first-order valence-electron chi connectivity index (χ1n) is 7.19. The number of halogens is 2. The van der Waals surface area contributed by atoms with Gasteiger partial charge in [0.05, 0.1) is 9.75 Å². The Hall–Kier alpha value is -0.460. The molecule has 2 aliphatic rings. The van der Waals surface area contributed by atoms with Gasteiger partial charge in [-0.25, -0.2) is 0 Å². The van der Waals surface area contributed by atoms with E-state index in [4.69, 9.17) is 23.2 Å². The number of hydrogen-bond donors (Lipinski definition) is 0. The number of alkyl halides is 2. The summed E-state index contributed by atoms with van der Waals surface area (Å²) in [5, 5.41) is 0. The van der Waals surface area contributed by atoms with E-state index in [2.05, 4.69) is 60.6 Å². The number of allylic oxidation sites excluding steroid dienone is 8. The van der Waals surface area contributed by atoms with Crippen molar-refractivity contribution in [1.29, 1.82) is 0 Å². The Labute approximate surface area is 133 Å². The van der Waals surface area contributed by atoms with Crippen molar-refractivity contribution in [1.82, 2.24) is 0 Å². The van der Waals surface area contributed by atoms with Crippen molar-refractivity contribution in [2.75, 3.05) is 0 Å². The fraction of sp³-hybridized carbons (Fsp3) is 0.556. The second-order valence-electron chi connectivity index (χ2n) is 6.42. The molecule has 2 atom stereocenters. The molecular formula is C18H24Cl2. The highest BCUT2D eigenvalue weighted by Crippen LogP contribution is 2.56. The summed E-state index contributed by atoms with van der Waals surface area (Å²) in [7, 11) is 0. The van der Waals surface area contributed by atoms with Gasteiger partial charge in [0.1, 0.15) is 0 Å². The zero-order chi connectivity index (χ0) is 15.5. The van der Waals surface area contributed by atoms with Crippen molar-refractivity contribution in [3.8, 4) is 0 Å². The maximum atomic E-state index is 7.10. The van der Waals surface area contributed by atoms with Crippen LogP contribution in [0.3, 0.4) is 0 Å². The van der Waals surface area contributed by atoms with Gasteiger partial charge in [0.25, 0.3) is 0 Å². The van der Waals surface area contributed by atoms with Gasteiger partial charge in [-0.1, -0.05) is 30.2 Å². The first-order valence-corrected chi connectivity index (χ1v) is 7.94. The minimum absolute atomic E-state index is 0.0979. The van der Waals surface area contributed by atoms with E-state index in [9.17, 15) is 0 Å². The van der Waals surface area contributed by atoms with Gasteiger partial charge in [-0.05, 0) is 63.8 Å². The smallest absolute Gasteiger partial charge is 0.0916 e. The van der Waals surface area contributed by atoms with Crippen molar-refractivity contribution in [2.45, 2.75) is 58.2 Å². The summed E-state index contributed by atoms with van der Waals surface area (Å²) in [4.78, 5) is -0.959. The number of rotatable bonds is 2. The fourth-order valence-electron chi connectivity index (χ4n) is 3.85. The summed E-state index contributed by atoms with van der Waals surface area (Å²) < 4.78 is 0. The molecule has 0 aliphatic heterocycles. The molecule has 0 spiro atoms. The van der Waals surface area contributed by atoms with E-state index >= 15 is 0 Å². The Morgan fingerprint density at radius 2 is 1.05 bits per heavy atom. The lowest BCUT2D eigenvalue weighted by molar-refractivity contribution is 0.428. The maximum Gasteiger partial charge on any atom is 0.0916 e. The van der Waals surface area contributed by atoms with Gasteiger partial charge in [-0.15, -0.1) is 23.2 Å². The zero-order valence-corrected chi connectivity index (χ0v) is 15.0. The summed E-state index contributed by atoms with van der Waals surface area (Å²) in [6, 6.07) is 0. The van der Waals surface area contributed by atoms with E-state index in [-0.39, 0.29) is 5.92 Å². The van der Waals surface area contributed by atoms with Crippen molar-refractivity contribution in [3.63, 3.8) is 0 Å². The SMILES string of the molecule is CC1=CC(C)=C(C)C1(Cl)C(C)C1(Cl)C(C)=CC(C)=C1C. The molecule has 0 bridgehead atoms. The molecule has 2 unspecified atom stereocenters. The largest absolute Gasteiger partial charge is 0.109 e. The van der Waals surface area contributed by atoms with Crippen LogP contribution in [0.5, 0.6) is 0 Å². The monoisotopic (exact) mass is 310 g/mol. The molecule has 2 heteroatoms. The van der Waals surface area contributed by atoms with Crippen LogP contribution < -0.4 is 0 Å². The van der Waals surface area contributed by atoms with E-state index in [1.807, 2.05) is 0 Å². The third kappa shape index (κ3) is 1.81. The molecule has 0 saturated carbocycles. The van der Waals surface area contributed by atoms with Gasteiger partial charge >= 0.3 is 0 Å². The molecule has 20 heavy (non-hydrogen) atoms. The van der Waals surface area contributed by atoms with Gasteiger partial charge < -0.3 is 0 Å². The molecule has 0 heterocycles. The van der Waals surface area contributed by atoms with E-state index in [1.54, 1.807) is 0 Å². The van der Waals surface area contributed by atoms with Gasteiger partial charge in [0.2, 0.25) is 0 Å². The fourth-order valence-corrected chi connectivity index (χ4v) is 4.64. The Balaban J connectivity index is 2.56. The first kappa shape index (κ1) is 15.9. The highest BCUT2D eigenvalue weighted by Gasteiger charge is 2.53. The Kier molecular flexibility index (Phi) is 3.81. The summed E-state index contributed by atoms with van der Waals surface area (Å²) in [5.74, 6) is 0.0979. The van der Waals surface area contributed by atoms with Gasteiger partial charge in [-0.2, -0.15) is 0 Å². The van der Waals surface area contributed by atoms with Crippen LogP contribution in [0, 0.1) is 5.92 Å². The predicted octanol–water partition coefficient (Wildman–Crippen LogP) is 6.17. The van der Waals surface area contributed by atoms with Crippen molar-refractivity contribution >= 4 is 23.2 Å². The Morgan fingerprint density at radius 3 is 1.25 bits per heavy atom. The highest BCUT2D eigenvalue weighted by molar-refractivity contribution is 6.33.